The monoisotopic (exact) mass is 309 g/mol. The molecule has 0 aromatic heterocycles. The van der Waals surface area contributed by atoms with E-state index in [2.05, 4.69) is 29.3 Å². The number of ether oxygens (including phenoxy) is 1. The minimum atomic E-state index is -0.455. The van der Waals surface area contributed by atoms with Crippen LogP contribution in [0.1, 0.15) is 26.3 Å². The highest BCUT2D eigenvalue weighted by Gasteiger charge is 2.21. The van der Waals surface area contributed by atoms with Gasteiger partial charge >= 0.3 is 5.97 Å². The number of carbonyl (C=O) groups is 1. The van der Waals surface area contributed by atoms with E-state index in [0.29, 0.717) is 6.61 Å². The van der Waals surface area contributed by atoms with E-state index in [4.69, 9.17) is 4.74 Å². The van der Waals surface area contributed by atoms with Gasteiger partial charge in [0.2, 0.25) is 0 Å². The number of benzene rings is 2. The Hall–Kier alpha value is -2.42. The van der Waals surface area contributed by atoms with Crippen LogP contribution in [0.15, 0.2) is 59.6 Å². The molecule has 120 valence electrons. The van der Waals surface area contributed by atoms with Gasteiger partial charge in [-0.3, -0.25) is 4.99 Å². The smallest absolute Gasteiger partial charge is 0.331 e. The van der Waals surface area contributed by atoms with Crippen molar-refractivity contribution in [3.8, 4) is 11.1 Å². The van der Waals surface area contributed by atoms with E-state index in [-0.39, 0.29) is 11.9 Å². The predicted molar refractivity (Wildman–Crippen MR) is 94.7 cm³/mol. The Kier molecular flexibility index (Phi) is 6.10. The van der Waals surface area contributed by atoms with Crippen molar-refractivity contribution >= 4 is 12.2 Å². The molecule has 2 rings (SSSR count). The van der Waals surface area contributed by atoms with Gasteiger partial charge in [-0.1, -0.05) is 68.4 Å². The molecule has 1 atom stereocenters. The highest BCUT2D eigenvalue weighted by Crippen LogP contribution is 2.19. The predicted octanol–water partition coefficient (Wildman–Crippen LogP) is 4.36. The summed E-state index contributed by atoms with van der Waals surface area (Å²) in [6.45, 7) is 6.12. The molecular formula is C20H23NO2. The quantitative estimate of drug-likeness (QED) is 0.587. The van der Waals surface area contributed by atoms with Gasteiger partial charge in [-0.2, -0.15) is 0 Å². The molecule has 0 unspecified atom stereocenters. The molecule has 0 saturated carbocycles. The maximum atomic E-state index is 11.9. The lowest BCUT2D eigenvalue weighted by Crippen LogP contribution is -2.27. The summed E-state index contributed by atoms with van der Waals surface area (Å²) in [6.07, 6.45) is 1.75. The molecule has 0 aliphatic heterocycles. The number of hydrogen-bond acceptors (Lipinski definition) is 3. The molecule has 3 heteroatoms. The van der Waals surface area contributed by atoms with E-state index in [9.17, 15) is 4.79 Å². The molecule has 0 spiro atoms. The Labute approximate surface area is 138 Å². The Bertz CT molecular complexity index is 645. The summed E-state index contributed by atoms with van der Waals surface area (Å²) in [5.74, 6) is -0.159. The van der Waals surface area contributed by atoms with Crippen molar-refractivity contribution in [2.75, 3.05) is 6.61 Å². The molecule has 0 aliphatic carbocycles. The summed E-state index contributed by atoms with van der Waals surface area (Å²) in [7, 11) is 0. The lowest BCUT2D eigenvalue weighted by molar-refractivity contribution is -0.145. The van der Waals surface area contributed by atoms with E-state index >= 15 is 0 Å². The molecule has 0 saturated heterocycles. The van der Waals surface area contributed by atoms with Gasteiger partial charge in [0, 0.05) is 6.21 Å². The number of nitrogens with zero attached hydrogens (tertiary/aromatic N) is 1. The van der Waals surface area contributed by atoms with Gasteiger partial charge in [0.15, 0.2) is 0 Å². The first-order valence-corrected chi connectivity index (χ1v) is 7.97. The Morgan fingerprint density at radius 2 is 1.65 bits per heavy atom. The van der Waals surface area contributed by atoms with Crippen LogP contribution < -0.4 is 0 Å². The topological polar surface area (TPSA) is 38.7 Å². The van der Waals surface area contributed by atoms with Gasteiger partial charge in [0.05, 0.1) is 6.61 Å². The third-order valence-electron chi connectivity index (χ3n) is 3.56. The SMILES string of the molecule is CCOC(=O)[C@@H](N=Cc1ccc(-c2ccccc2)cc1)C(C)C. The fraction of sp³-hybridized carbons (Fsp3) is 0.300. The third kappa shape index (κ3) is 4.78. The Morgan fingerprint density at radius 1 is 1.04 bits per heavy atom. The van der Waals surface area contributed by atoms with Gasteiger partial charge < -0.3 is 4.74 Å². The zero-order valence-corrected chi connectivity index (χ0v) is 13.9. The fourth-order valence-corrected chi connectivity index (χ4v) is 2.29. The van der Waals surface area contributed by atoms with Crippen LogP contribution in [0, 0.1) is 5.92 Å². The molecule has 2 aromatic carbocycles. The number of aliphatic imine (C=N–C) groups is 1. The molecule has 2 aromatic rings. The van der Waals surface area contributed by atoms with Crippen LogP contribution in [0.4, 0.5) is 0 Å². The molecule has 23 heavy (non-hydrogen) atoms. The summed E-state index contributed by atoms with van der Waals surface area (Å²) in [4.78, 5) is 16.3. The second-order valence-corrected chi connectivity index (χ2v) is 5.71. The van der Waals surface area contributed by atoms with Crippen LogP contribution in [-0.4, -0.2) is 24.8 Å². The Morgan fingerprint density at radius 3 is 2.22 bits per heavy atom. The molecule has 0 N–H and O–H groups in total. The number of hydrogen-bond donors (Lipinski definition) is 0. The average Bonchev–Trinajstić information content (AvgIpc) is 2.56. The Balaban J connectivity index is 2.11. The van der Waals surface area contributed by atoms with Gasteiger partial charge in [-0.15, -0.1) is 0 Å². The molecule has 0 radical (unpaired) electrons. The van der Waals surface area contributed by atoms with Crippen molar-refractivity contribution in [3.63, 3.8) is 0 Å². The first-order chi connectivity index (χ1) is 11.1. The van der Waals surface area contributed by atoms with Crippen LogP contribution >= 0.6 is 0 Å². The van der Waals surface area contributed by atoms with Crippen LogP contribution in [-0.2, 0) is 9.53 Å². The molecule has 0 heterocycles. The second kappa shape index (κ2) is 8.28. The summed E-state index contributed by atoms with van der Waals surface area (Å²) in [5.41, 5.74) is 3.32. The first-order valence-electron chi connectivity index (χ1n) is 7.97. The second-order valence-electron chi connectivity index (χ2n) is 5.71. The highest BCUT2D eigenvalue weighted by atomic mass is 16.5. The van der Waals surface area contributed by atoms with Gasteiger partial charge in [-0.05, 0) is 29.5 Å². The summed E-state index contributed by atoms with van der Waals surface area (Å²) in [5, 5.41) is 0. The minimum Gasteiger partial charge on any atom is -0.464 e. The number of rotatable bonds is 6. The van der Waals surface area contributed by atoms with Gasteiger partial charge in [0.1, 0.15) is 6.04 Å². The van der Waals surface area contributed by atoms with Gasteiger partial charge in [0.25, 0.3) is 0 Å². The third-order valence-corrected chi connectivity index (χ3v) is 3.56. The van der Waals surface area contributed by atoms with Crippen molar-refractivity contribution in [2.45, 2.75) is 26.8 Å². The van der Waals surface area contributed by atoms with E-state index in [1.807, 2.05) is 44.2 Å². The van der Waals surface area contributed by atoms with Crippen molar-refractivity contribution in [1.82, 2.24) is 0 Å². The van der Waals surface area contributed by atoms with E-state index < -0.39 is 6.04 Å². The summed E-state index contributed by atoms with van der Waals surface area (Å²) in [6, 6.07) is 17.9. The van der Waals surface area contributed by atoms with Crippen molar-refractivity contribution < 1.29 is 9.53 Å². The summed E-state index contributed by atoms with van der Waals surface area (Å²) >= 11 is 0. The molecule has 0 aliphatic rings. The van der Waals surface area contributed by atoms with Gasteiger partial charge in [-0.25, -0.2) is 4.79 Å². The molecule has 0 fully saturated rings. The average molecular weight is 309 g/mol. The lowest BCUT2D eigenvalue weighted by Gasteiger charge is -2.14. The largest absolute Gasteiger partial charge is 0.464 e. The number of carbonyl (C=O) groups excluding carboxylic acids is 1. The maximum Gasteiger partial charge on any atom is 0.331 e. The normalized spacial score (nSPS) is 12.5. The summed E-state index contributed by atoms with van der Waals surface area (Å²) < 4.78 is 5.08. The minimum absolute atomic E-state index is 0.105. The number of esters is 1. The van der Waals surface area contributed by atoms with E-state index in [1.54, 1.807) is 13.1 Å². The molecular weight excluding hydrogens is 286 g/mol. The van der Waals surface area contributed by atoms with Crippen LogP contribution in [0.2, 0.25) is 0 Å². The highest BCUT2D eigenvalue weighted by molar-refractivity contribution is 5.85. The maximum absolute atomic E-state index is 11.9. The van der Waals surface area contributed by atoms with Crippen LogP contribution in [0.25, 0.3) is 11.1 Å². The fourth-order valence-electron chi connectivity index (χ4n) is 2.29. The van der Waals surface area contributed by atoms with E-state index in [0.717, 1.165) is 11.1 Å². The van der Waals surface area contributed by atoms with Crippen LogP contribution in [0.3, 0.4) is 0 Å². The van der Waals surface area contributed by atoms with Crippen molar-refractivity contribution in [2.24, 2.45) is 10.9 Å². The lowest BCUT2D eigenvalue weighted by atomic mass is 10.0. The first kappa shape index (κ1) is 16.9. The van der Waals surface area contributed by atoms with E-state index in [1.165, 1.54) is 5.56 Å². The van der Waals surface area contributed by atoms with Crippen LogP contribution in [0.5, 0.6) is 0 Å². The molecule has 0 bridgehead atoms. The molecule has 3 nitrogen and oxygen atoms in total. The van der Waals surface area contributed by atoms with Crippen molar-refractivity contribution in [1.29, 1.82) is 0 Å². The molecule has 0 amide bonds. The standard InChI is InChI=1S/C20H23NO2/c1-4-23-20(22)19(15(2)3)21-14-16-10-12-18(13-11-16)17-8-6-5-7-9-17/h5-15,19H,4H2,1-3H3/t19-/m0/s1. The van der Waals surface area contributed by atoms with Crippen molar-refractivity contribution in [3.05, 3.63) is 60.2 Å². The zero-order chi connectivity index (χ0) is 16.7. The zero-order valence-electron chi connectivity index (χ0n) is 13.9.